The number of hydrogen-bond donors (Lipinski definition) is 1. The normalized spacial score (nSPS) is 27.2. The lowest BCUT2D eigenvalue weighted by Gasteiger charge is -2.34. The first kappa shape index (κ1) is 18.8. The van der Waals surface area contributed by atoms with Crippen molar-refractivity contribution in [3.63, 3.8) is 0 Å². The molecule has 0 radical (unpaired) electrons. The smallest absolute Gasteiger partial charge is 0.391 e. The molecule has 1 aromatic rings. The summed E-state index contributed by atoms with van der Waals surface area (Å²) in [7, 11) is 0. The highest BCUT2D eigenvalue weighted by atomic mass is 19.4. The van der Waals surface area contributed by atoms with Gasteiger partial charge in [-0.25, -0.2) is 0 Å². The van der Waals surface area contributed by atoms with E-state index in [0.717, 1.165) is 0 Å². The number of rotatable bonds is 3. The molecule has 26 heavy (non-hydrogen) atoms. The SMILES string of the molecule is O=C(NC1CCC(C(F)(F)F)CC1)C1CCCN(C(=O)c2ccco2)C1. The Labute approximate surface area is 149 Å². The summed E-state index contributed by atoms with van der Waals surface area (Å²) in [5.74, 6) is -1.75. The summed E-state index contributed by atoms with van der Waals surface area (Å²) in [5.41, 5.74) is 0. The van der Waals surface area contributed by atoms with E-state index in [9.17, 15) is 22.8 Å². The summed E-state index contributed by atoms with van der Waals surface area (Å²) < 4.78 is 43.3. The number of amides is 2. The number of halogens is 3. The molecule has 0 spiro atoms. The molecule has 1 N–H and O–H groups in total. The van der Waals surface area contributed by atoms with Crippen LogP contribution in [0.1, 0.15) is 49.1 Å². The minimum Gasteiger partial charge on any atom is -0.459 e. The van der Waals surface area contributed by atoms with Crippen molar-refractivity contribution >= 4 is 11.8 Å². The maximum Gasteiger partial charge on any atom is 0.391 e. The highest BCUT2D eigenvalue weighted by Crippen LogP contribution is 2.37. The van der Waals surface area contributed by atoms with Crippen molar-refractivity contribution in [2.45, 2.75) is 50.7 Å². The Balaban J connectivity index is 1.50. The highest BCUT2D eigenvalue weighted by Gasteiger charge is 2.42. The zero-order chi connectivity index (χ0) is 18.7. The molecule has 8 heteroatoms. The second-order valence-electron chi connectivity index (χ2n) is 7.17. The van der Waals surface area contributed by atoms with Gasteiger partial charge in [0.15, 0.2) is 5.76 Å². The second kappa shape index (κ2) is 7.72. The fourth-order valence-corrected chi connectivity index (χ4v) is 3.82. The molecule has 0 bridgehead atoms. The topological polar surface area (TPSA) is 62.6 Å². The number of piperidine rings is 1. The van der Waals surface area contributed by atoms with Gasteiger partial charge in [0.25, 0.3) is 5.91 Å². The third kappa shape index (κ3) is 4.40. The molecule has 144 valence electrons. The number of carbonyl (C=O) groups is 2. The molecule has 1 aliphatic carbocycles. The van der Waals surface area contributed by atoms with Gasteiger partial charge in [0, 0.05) is 19.1 Å². The number of furan rings is 1. The van der Waals surface area contributed by atoms with E-state index in [-0.39, 0.29) is 42.4 Å². The maximum absolute atomic E-state index is 12.7. The fourth-order valence-electron chi connectivity index (χ4n) is 3.82. The van der Waals surface area contributed by atoms with Gasteiger partial charge in [0.05, 0.1) is 18.1 Å². The molecule has 1 aliphatic heterocycles. The molecule has 1 atom stereocenters. The molecule has 1 unspecified atom stereocenters. The van der Waals surface area contributed by atoms with Gasteiger partial charge >= 0.3 is 6.18 Å². The molecule has 2 fully saturated rings. The summed E-state index contributed by atoms with van der Waals surface area (Å²) >= 11 is 0. The first-order valence-corrected chi connectivity index (χ1v) is 9.04. The van der Waals surface area contributed by atoms with E-state index in [1.54, 1.807) is 17.0 Å². The van der Waals surface area contributed by atoms with Crippen LogP contribution in [0, 0.1) is 11.8 Å². The Hall–Kier alpha value is -1.99. The van der Waals surface area contributed by atoms with Gasteiger partial charge in [0.1, 0.15) is 0 Å². The van der Waals surface area contributed by atoms with E-state index in [1.807, 2.05) is 0 Å². The lowest BCUT2D eigenvalue weighted by molar-refractivity contribution is -0.182. The number of alkyl halides is 3. The second-order valence-corrected chi connectivity index (χ2v) is 7.17. The van der Waals surface area contributed by atoms with Gasteiger partial charge in [-0.05, 0) is 50.7 Å². The first-order chi connectivity index (χ1) is 12.3. The Morgan fingerprint density at radius 1 is 1.15 bits per heavy atom. The molecule has 3 rings (SSSR count). The van der Waals surface area contributed by atoms with Crippen LogP contribution in [0.3, 0.4) is 0 Å². The molecular formula is C18H23F3N2O3. The van der Waals surface area contributed by atoms with Crippen molar-refractivity contribution in [1.82, 2.24) is 10.2 Å². The summed E-state index contributed by atoms with van der Waals surface area (Å²) in [4.78, 5) is 26.5. The predicted molar refractivity (Wildman–Crippen MR) is 87.3 cm³/mol. The van der Waals surface area contributed by atoms with Crippen LogP contribution in [0.25, 0.3) is 0 Å². The van der Waals surface area contributed by atoms with Crippen molar-refractivity contribution in [1.29, 1.82) is 0 Å². The lowest BCUT2D eigenvalue weighted by Crippen LogP contribution is -2.48. The summed E-state index contributed by atoms with van der Waals surface area (Å²) in [6.45, 7) is 0.878. The van der Waals surface area contributed by atoms with E-state index >= 15 is 0 Å². The van der Waals surface area contributed by atoms with Crippen LogP contribution in [0.2, 0.25) is 0 Å². The third-order valence-corrected chi connectivity index (χ3v) is 5.35. The molecule has 1 aromatic heterocycles. The Bertz CT molecular complexity index is 622. The molecule has 2 amide bonds. The summed E-state index contributed by atoms with van der Waals surface area (Å²) in [6, 6.07) is 3.02. The standard InChI is InChI=1S/C18H23F3N2O3/c19-18(20,21)13-5-7-14(8-6-13)22-16(24)12-3-1-9-23(11-12)17(25)15-4-2-10-26-15/h2,4,10,12-14H,1,3,5-9,11H2,(H,22,24). The molecule has 2 heterocycles. The molecule has 2 aliphatic rings. The van der Waals surface area contributed by atoms with Crippen molar-refractivity contribution in [3.8, 4) is 0 Å². The van der Waals surface area contributed by atoms with Crippen molar-refractivity contribution in [2.75, 3.05) is 13.1 Å². The highest BCUT2D eigenvalue weighted by molar-refractivity contribution is 5.92. The Morgan fingerprint density at radius 2 is 1.88 bits per heavy atom. The van der Waals surface area contributed by atoms with Crippen LogP contribution < -0.4 is 5.32 Å². The van der Waals surface area contributed by atoms with E-state index in [0.29, 0.717) is 38.8 Å². The lowest BCUT2D eigenvalue weighted by atomic mass is 9.85. The number of carbonyl (C=O) groups excluding carboxylic acids is 2. The largest absolute Gasteiger partial charge is 0.459 e. The number of likely N-dealkylation sites (tertiary alicyclic amines) is 1. The van der Waals surface area contributed by atoms with Gasteiger partial charge in [0.2, 0.25) is 5.91 Å². The summed E-state index contributed by atoms with van der Waals surface area (Å²) in [5, 5.41) is 2.89. The Morgan fingerprint density at radius 3 is 2.50 bits per heavy atom. The predicted octanol–water partition coefficient (Wildman–Crippen LogP) is 3.37. The molecule has 0 aromatic carbocycles. The van der Waals surface area contributed by atoms with E-state index in [4.69, 9.17) is 4.42 Å². The van der Waals surface area contributed by atoms with Crippen molar-refractivity contribution in [3.05, 3.63) is 24.2 Å². The van der Waals surface area contributed by atoms with Crippen LogP contribution in [0.15, 0.2) is 22.8 Å². The van der Waals surface area contributed by atoms with Crippen molar-refractivity contribution < 1.29 is 27.2 Å². The maximum atomic E-state index is 12.7. The van der Waals surface area contributed by atoms with Crippen molar-refractivity contribution in [2.24, 2.45) is 11.8 Å². The zero-order valence-corrected chi connectivity index (χ0v) is 14.4. The van der Waals surface area contributed by atoms with Crippen LogP contribution in [-0.2, 0) is 4.79 Å². The minimum absolute atomic E-state index is 0.0578. The van der Waals surface area contributed by atoms with E-state index in [1.165, 1.54) is 6.26 Å². The van der Waals surface area contributed by atoms with Gasteiger partial charge in [-0.1, -0.05) is 0 Å². The average molecular weight is 372 g/mol. The van der Waals surface area contributed by atoms with Gasteiger partial charge in [-0.3, -0.25) is 9.59 Å². The molecule has 1 saturated heterocycles. The van der Waals surface area contributed by atoms with Crippen LogP contribution in [0.4, 0.5) is 13.2 Å². The van der Waals surface area contributed by atoms with Crippen LogP contribution in [-0.4, -0.2) is 42.0 Å². The number of hydrogen-bond acceptors (Lipinski definition) is 3. The van der Waals surface area contributed by atoms with E-state index < -0.39 is 12.1 Å². The number of nitrogens with one attached hydrogen (secondary N) is 1. The fraction of sp³-hybridized carbons (Fsp3) is 0.667. The summed E-state index contributed by atoms with van der Waals surface area (Å²) in [6.07, 6.45) is -0.527. The molecule has 1 saturated carbocycles. The first-order valence-electron chi connectivity index (χ1n) is 9.04. The molecular weight excluding hydrogens is 349 g/mol. The molecule has 5 nitrogen and oxygen atoms in total. The van der Waals surface area contributed by atoms with E-state index in [2.05, 4.69) is 5.32 Å². The third-order valence-electron chi connectivity index (χ3n) is 5.35. The monoisotopic (exact) mass is 372 g/mol. The Kier molecular flexibility index (Phi) is 5.58. The zero-order valence-electron chi connectivity index (χ0n) is 14.4. The van der Waals surface area contributed by atoms with Crippen LogP contribution >= 0.6 is 0 Å². The van der Waals surface area contributed by atoms with Gasteiger partial charge in [-0.2, -0.15) is 13.2 Å². The number of nitrogens with zero attached hydrogens (tertiary/aromatic N) is 1. The van der Waals surface area contributed by atoms with Crippen LogP contribution in [0.5, 0.6) is 0 Å². The quantitative estimate of drug-likeness (QED) is 0.885. The van der Waals surface area contributed by atoms with Gasteiger partial charge in [-0.15, -0.1) is 0 Å². The minimum atomic E-state index is -4.15. The van der Waals surface area contributed by atoms with Gasteiger partial charge < -0.3 is 14.6 Å². The average Bonchev–Trinajstić information content (AvgIpc) is 3.15.